The van der Waals surface area contributed by atoms with E-state index in [1.54, 1.807) is 12.0 Å². The number of benzene rings is 1. The molecule has 1 atom stereocenters. The van der Waals surface area contributed by atoms with Crippen molar-refractivity contribution in [3.05, 3.63) is 23.8 Å². The molecule has 6 heteroatoms. The molecule has 0 saturated carbocycles. The van der Waals surface area contributed by atoms with Gasteiger partial charge in [-0.25, -0.2) is 0 Å². The summed E-state index contributed by atoms with van der Waals surface area (Å²) in [4.78, 5) is 24.5. The third-order valence-electron chi connectivity index (χ3n) is 3.92. The number of nitrogens with zero attached hydrogens (tertiary/aromatic N) is 1. The van der Waals surface area contributed by atoms with Crippen molar-refractivity contribution in [3.63, 3.8) is 0 Å². The van der Waals surface area contributed by atoms with Crippen LogP contribution in [0.15, 0.2) is 18.2 Å². The first kappa shape index (κ1) is 17.1. The molecule has 6 nitrogen and oxygen atoms in total. The van der Waals surface area contributed by atoms with Crippen LogP contribution in [0.2, 0.25) is 0 Å². The zero-order chi connectivity index (χ0) is 16.8. The highest BCUT2D eigenvalue weighted by Crippen LogP contribution is 2.29. The summed E-state index contributed by atoms with van der Waals surface area (Å²) < 4.78 is 11.0. The van der Waals surface area contributed by atoms with Gasteiger partial charge in [0.05, 0.1) is 19.6 Å². The van der Waals surface area contributed by atoms with Gasteiger partial charge in [0, 0.05) is 19.5 Å². The van der Waals surface area contributed by atoms with E-state index < -0.39 is 11.9 Å². The molecule has 1 heterocycles. The number of unbranched alkanes of at least 4 members (excludes halogenated alkanes) is 1. The van der Waals surface area contributed by atoms with E-state index >= 15 is 0 Å². The number of hydrogen-bond acceptors (Lipinski definition) is 4. The lowest BCUT2D eigenvalue weighted by Gasteiger charge is -2.17. The lowest BCUT2D eigenvalue weighted by atomic mass is 10.1. The molecule has 1 aliphatic rings. The van der Waals surface area contributed by atoms with Crippen molar-refractivity contribution in [2.24, 2.45) is 5.92 Å². The summed E-state index contributed by atoms with van der Waals surface area (Å²) in [6.45, 7) is 3.37. The van der Waals surface area contributed by atoms with Crippen molar-refractivity contribution in [1.82, 2.24) is 4.90 Å². The first-order valence-electron chi connectivity index (χ1n) is 7.85. The predicted octanol–water partition coefficient (Wildman–Crippen LogP) is 2.31. The number of amides is 1. The molecular formula is C17H23NO5. The first-order valence-corrected chi connectivity index (χ1v) is 7.85. The molecule has 1 fully saturated rings. The maximum atomic E-state index is 11.9. The minimum Gasteiger partial charge on any atom is -0.493 e. The topological polar surface area (TPSA) is 76.1 Å². The second kappa shape index (κ2) is 7.85. The quantitative estimate of drug-likeness (QED) is 0.744. The zero-order valence-corrected chi connectivity index (χ0v) is 13.6. The van der Waals surface area contributed by atoms with E-state index in [0.29, 0.717) is 24.7 Å². The molecule has 0 aromatic heterocycles. The van der Waals surface area contributed by atoms with Crippen molar-refractivity contribution >= 4 is 11.9 Å². The maximum absolute atomic E-state index is 11.9. The number of ether oxygens (including phenoxy) is 2. The summed E-state index contributed by atoms with van der Waals surface area (Å²) in [5.41, 5.74) is 0.893. The van der Waals surface area contributed by atoms with E-state index in [4.69, 9.17) is 14.6 Å². The number of rotatable bonds is 8. The largest absolute Gasteiger partial charge is 0.493 e. The van der Waals surface area contributed by atoms with Crippen LogP contribution in [-0.2, 0) is 16.1 Å². The first-order chi connectivity index (χ1) is 11.0. The van der Waals surface area contributed by atoms with E-state index in [1.807, 2.05) is 18.2 Å². The van der Waals surface area contributed by atoms with Gasteiger partial charge in [-0.1, -0.05) is 19.4 Å². The minimum absolute atomic E-state index is 0.0741. The molecule has 2 rings (SSSR count). The smallest absolute Gasteiger partial charge is 0.308 e. The number of methoxy groups -OCH3 is 1. The Morgan fingerprint density at radius 2 is 2.17 bits per heavy atom. The Bertz CT molecular complexity index is 572. The van der Waals surface area contributed by atoms with Crippen molar-refractivity contribution in [3.8, 4) is 11.5 Å². The molecule has 0 radical (unpaired) electrons. The Hall–Kier alpha value is -2.24. The molecule has 126 valence electrons. The van der Waals surface area contributed by atoms with Crippen molar-refractivity contribution in [2.45, 2.75) is 32.7 Å². The Kier molecular flexibility index (Phi) is 5.84. The van der Waals surface area contributed by atoms with Gasteiger partial charge in [0.2, 0.25) is 5.91 Å². The van der Waals surface area contributed by atoms with E-state index in [0.717, 1.165) is 18.4 Å². The molecule has 0 spiro atoms. The number of carboxylic acid groups (broad SMARTS) is 1. The highest BCUT2D eigenvalue weighted by molar-refractivity contribution is 5.86. The molecule has 0 bridgehead atoms. The van der Waals surface area contributed by atoms with Crippen LogP contribution in [0.1, 0.15) is 31.7 Å². The number of hydrogen-bond donors (Lipinski definition) is 1. The van der Waals surface area contributed by atoms with Crippen LogP contribution < -0.4 is 9.47 Å². The van der Waals surface area contributed by atoms with Gasteiger partial charge in [-0.05, 0) is 24.1 Å². The minimum atomic E-state index is -0.918. The monoisotopic (exact) mass is 321 g/mol. The van der Waals surface area contributed by atoms with Crippen molar-refractivity contribution < 1.29 is 24.2 Å². The molecule has 0 aliphatic carbocycles. The highest BCUT2D eigenvalue weighted by Gasteiger charge is 2.34. The molecule has 1 aliphatic heterocycles. The third kappa shape index (κ3) is 4.37. The van der Waals surface area contributed by atoms with Crippen molar-refractivity contribution in [1.29, 1.82) is 0 Å². The summed E-state index contributed by atoms with van der Waals surface area (Å²) in [5, 5.41) is 9.02. The third-order valence-corrected chi connectivity index (χ3v) is 3.92. The predicted molar refractivity (Wildman–Crippen MR) is 84.6 cm³/mol. The fourth-order valence-electron chi connectivity index (χ4n) is 2.57. The van der Waals surface area contributed by atoms with E-state index in [1.165, 1.54) is 0 Å². The number of likely N-dealkylation sites (tertiary alicyclic amines) is 1. The van der Waals surface area contributed by atoms with Crippen LogP contribution in [0.25, 0.3) is 0 Å². The summed E-state index contributed by atoms with van der Waals surface area (Å²) in [6, 6.07) is 5.55. The summed E-state index contributed by atoms with van der Waals surface area (Å²) >= 11 is 0. The number of carbonyl (C=O) groups excluding carboxylic acids is 1. The van der Waals surface area contributed by atoms with Gasteiger partial charge < -0.3 is 19.5 Å². The van der Waals surface area contributed by atoms with Gasteiger partial charge >= 0.3 is 5.97 Å². The van der Waals surface area contributed by atoms with E-state index in [-0.39, 0.29) is 18.9 Å². The van der Waals surface area contributed by atoms with Crippen molar-refractivity contribution in [2.75, 3.05) is 20.3 Å². The SMILES string of the molecule is CCCCOc1ccc(CN2CC(C(=O)O)CC2=O)cc1OC. The summed E-state index contributed by atoms with van der Waals surface area (Å²) in [6.07, 6.45) is 2.11. The number of aliphatic carboxylic acids is 1. The average molecular weight is 321 g/mol. The highest BCUT2D eigenvalue weighted by atomic mass is 16.5. The molecule has 1 amide bonds. The molecule has 1 N–H and O–H groups in total. The molecule has 1 saturated heterocycles. The molecule has 23 heavy (non-hydrogen) atoms. The van der Waals surface area contributed by atoms with Crippen LogP contribution in [0.4, 0.5) is 0 Å². The standard InChI is InChI=1S/C17H23NO5/c1-3-4-7-23-14-6-5-12(8-15(14)22-2)10-18-11-13(17(20)21)9-16(18)19/h5-6,8,13H,3-4,7,9-11H2,1-2H3,(H,20,21). The van der Waals surface area contributed by atoms with Gasteiger partial charge in [-0.2, -0.15) is 0 Å². The fraction of sp³-hybridized carbons (Fsp3) is 0.529. The van der Waals surface area contributed by atoms with E-state index in [2.05, 4.69) is 6.92 Å². The van der Waals surface area contributed by atoms with Gasteiger partial charge in [0.25, 0.3) is 0 Å². The van der Waals surface area contributed by atoms with Crippen LogP contribution >= 0.6 is 0 Å². The Morgan fingerprint density at radius 1 is 1.39 bits per heavy atom. The molecular weight excluding hydrogens is 298 g/mol. The van der Waals surface area contributed by atoms with Crippen LogP contribution in [0, 0.1) is 5.92 Å². The van der Waals surface area contributed by atoms with Crippen LogP contribution in [-0.4, -0.2) is 42.1 Å². The van der Waals surface area contributed by atoms with Gasteiger partial charge in [0.15, 0.2) is 11.5 Å². The van der Waals surface area contributed by atoms with Gasteiger partial charge in [0.1, 0.15) is 0 Å². The van der Waals surface area contributed by atoms with Crippen LogP contribution in [0.5, 0.6) is 11.5 Å². The Labute approximate surface area is 136 Å². The van der Waals surface area contributed by atoms with Gasteiger partial charge in [-0.3, -0.25) is 9.59 Å². The fourth-order valence-corrected chi connectivity index (χ4v) is 2.57. The second-order valence-electron chi connectivity index (χ2n) is 5.70. The number of carboxylic acids is 1. The lowest BCUT2D eigenvalue weighted by Crippen LogP contribution is -2.25. The van der Waals surface area contributed by atoms with E-state index in [9.17, 15) is 9.59 Å². The van der Waals surface area contributed by atoms with Crippen LogP contribution in [0.3, 0.4) is 0 Å². The summed E-state index contributed by atoms with van der Waals surface area (Å²) in [5.74, 6) is -0.348. The average Bonchev–Trinajstić information content (AvgIpc) is 2.90. The second-order valence-corrected chi connectivity index (χ2v) is 5.70. The number of carbonyl (C=O) groups is 2. The van der Waals surface area contributed by atoms with Gasteiger partial charge in [-0.15, -0.1) is 0 Å². The summed E-state index contributed by atoms with van der Waals surface area (Å²) in [7, 11) is 1.58. The lowest BCUT2D eigenvalue weighted by molar-refractivity contribution is -0.141. The molecule has 1 aromatic carbocycles. The zero-order valence-electron chi connectivity index (χ0n) is 13.6. The maximum Gasteiger partial charge on any atom is 0.308 e. The molecule has 1 aromatic rings. The Morgan fingerprint density at radius 3 is 2.78 bits per heavy atom. The Balaban J connectivity index is 2.03. The normalized spacial score (nSPS) is 17.4. The molecule has 1 unspecified atom stereocenters.